The van der Waals surface area contributed by atoms with E-state index >= 15 is 0 Å². The zero-order valence-corrected chi connectivity index (χ0v) is 13.8. The number of hydrogen-bond donors (Lipinski definition) is 0. The first-order valence-corrected chi connectivity index (χ1v) is 7.75. The van der Waals surface area contributed by atoms with E-state index in [0.29, 0.717) is 10.0 Å². The SMILES string of the molecule is Cc1ccc2nc(C(C)Cl)n(-c3cccc(Cl)c3Cl)c2c1. The molecule has 0 aliphatic rings. The van der Waals surface area contributed by atoms with Crippen molar-refractivity contribution in [3.8, 4) is 5.69 Å². The molecule has 2 aromatic carbocycles. The van der Waals surface area contributed by atoms with E-state index in [4.69, 9.17) is 34.8 Å². The van der Waals surface area contributed by atoms with Crippen molar-refractivity contribution in [1.82, 2.24) is 9.55 Å². The second-order valence-electron chi connectivity index (χ2n) is 4.99. The highest BCUT2D eigenvalue weighted by Crippen LogP contribution is 2.34. The van der Waals surface area contributed by atoms with E-state index in [-0.39, 0.29) is 5.38 Å². The number of aromatic nitrogens is 2. The topological polar surface area (TPSA) is 17.8 Å². The van der Waals surface area contributed by atoms with E-state index in [2.05, 4.69) is 11.1 Å². The third-order valence-electron chi connectivity index (χ3n) is 3.36. The standard InChI is InChI=1S/C16H13Cl3N2/c1-9-6-7-12-14(8-9)21(16(20-12)10(2)17)13-5-3-4-11(18)15(13)19/h3-8,10H,1-2H3. The summed E-state index contributed by atoms with van der Waals surface area (Å²) in [5.74, 6) is 0.751. The number of alkyl halides is 1. The van der Waals surface area contributed by atoms with Crippen molar-refractivity contribution in [3.05, 3.63) is 57.8 Å². The van der Waals surface area contributed by atoms with E-state index in [9.17, 15) is 0 Å². The zero-order chi connectivity index (χ0) is 15.1. The predicted molar refractivity (Wildman–Crippen MR) is 90.1 cm³/mol. The zero-order valence-electron chi connectivity index (χ0n) is 11.6. The highest BCUT2D eigenvalue weighted by Gasteiger charge is 2.18. The summed E-state index contributed by atoms with van der Waals surface area (Å²) < 4.78 is 1.98. The summed E-state index contributed by atoms with van der Waals surface area (Å²) in [6.45, 7) is 3.94. The summed E-state index contributed by atoms with van der Waals surface area (Å²) >= 11 is 18.8. The molecule has 0 aliphatic heterocycles. The third kappa shape index (κ3) is 2.52. The Hall–Kier alpha value is -1.22. The Morgan fingerprint density at radius 2 is 1.90 bits per heavy atom. The Labute approximate surface area is 138 Å². The molecule has 0 bridgehead atoms. The minimum atomic E-state index is -0.243. The number of halogens is 3. The van der Waals surface area contributed by atoms with Crippen molar-refractivity contribution in [3.63, 3.8) is 0 Å². The highest BCUT2D eigenvalue weighted by atomic mass is 35.5. The number of benzene rings is 2. The van der Waals surface area contributed by atoms with Gasteiger partial charge in [0.2, 0.25) is 0 Å². The first-order valence-electron chi connectivity index (χ1n) is 6.56. The lowest BCUT2D eigenvalue weighted by atomic mass is 10.2. The minimum Gasteiger partial charge on any atom is -0.293 e. The van der Waals surface area contributed by atoms with Gasteiger partial charge in [-0.2, -0.15) is 0 Å². The number of imidazole rings is 1. The second-order valence-corrected chi connectivity index (χ2v) is 6.43. The van der Waals surface area contributed by atoms with Gasteiger partial charge in [-0.15, -0.1) is 11.6 Å². The summed E-state index contributed by atoms with van der Waals surface area (Å²) in [5, 5.41) is 0.767. The molecule has 5 heteroatoms. The Morgan fingerprint density at radius 3 is 2.62 bits per heavy atom. The molecule has 1 heterocycles. The lowest BCUT2D eigenvalue weighted by molar-refractivity contribution is 0.882. The maximum atomic E-state index is 6.38. The Balaban J connectivity index is 2.41. The van der Waals surface area contributed by atoms with Crippen molar-refractivity contribution in [2.75, 3.05) is 0 Å². The number of fused-ring (bicyclic) bond motifs is 1. The van der Waals surface area contributed by atoms with Crippen molar-refractivity contribution < 1.29 is 0 Å². The van der Waals surface area contributed by atoms with Gasteiger partial charge < -0.3 is 0 Å². The molecular formula is C16H13Cl3N2. The number of hydrogen-bond acceptors (Lipinski definition) is 1. The van der Waals surface area contributed by atoms with Crippen LogP contribution in [-0.2, 0) is 0 Å². The lowest BCUT2D eigenvalue weighted by Gasteiger charge is -2.13. The molecule has 3 aromatic rings. The fraction of sp³-hybridized carbons (Fsp3) is 0.188. The Morgan fingerprint density at radius 1 is 1.14 bits per heavy atom. The van der Waals surface area contributed by atoms with Crippen molar-refractivity contribution in [1.29, 1.82) is 0 Å². The van der Waals surface area contributed by atoms with Crippen LogP contribution in [0.2, 0.25) is 10.0 Å². The van der Waals surface area contributed by atoms with E-state index in [1.807, 2.05) is 42.7 Å². The summed E-state index contributed by atoms with van der Waals surface area (Å²) in [6.07, 6.45) is 0. The monoisotopic (exact) mass is 338 g/mol. The van der Waals surface area contributed by atoms with Crippen LogP contribution in [0, 0.1) is 6.92 Å². The van der Waals surface area contributed by atoms with Gasteiger partial charge in [0.15, 0.2) is 0 Å². The van der Waals surface area contributed by atoms with Crippen molar-refractivity contribution >= 4 is 45.8 Å². The maximum absolute atomic E-state index is 6.38. The first kappa shape index (κ1) is 14.7. The van der Waals surface area contributed by atoms with Crippen LogP contribution in [0.3, 0.4) is 0 Å². The van der Waals surface area contributed by atoms with Gasteiger partial charge >= 0.3 is 0 Å². The smallest absolute Gasteiger partial charge is 0.132 e. The Kier molecular flexibility index (Phi) is 3.87. The molecule has 1 unspecified atom stereocenters. The van der Waals surface area contributed by atoms with Gasteiger partial charge in [0, 0.05) is 0 Å². The van der Waals surface area contributed by atoms with Crippen molar-refractivity contribution in [2.45, 2.75) is 19.2 Å². The van der Waals surface area contributed by atoms with E-state index in [1.165, 1.54) is 0 Å². The molecule has 108 valence electrons. The molecule has 0 saturated heterocycles. The molecule has 3 rings (SSSR count). The fourth-order valence-corrected chi connectivity index (χ4v) is 2.92. The first-order chi connectivity index (χ1) is 9.99. The highest BCUT2D eigenvalue weighted by molar-refractivity contribution is 6.43. The van der Waals surface area contributed by atoms with Crippen LogP contribution >= 0.6 is 34.8 Å². The van der Waals surface area contributed by atoms with Crippen LogP contribution in [0.4, 0.5) is 0 Å². The van der Waals surface area contributed by atoms with E-state index in [0.717, 1.165) is 28.1 Å². The quantitative estimate of drug-likeness (QED) is 0.528. The maximum Gasteiger partial charge on any atom is 0.132 e. The largest absolute Gasteiger partial charge is 0.293 e. The second kappa shape index (κ2) is 5.53. The van der Waals surface area contributed by atoms with E-state index < -0.39 is 0 Å². The van der Waals surface area contributed by atoms with Gasteiger partial charge in [-0.1, -0.05) is 35.3 Å². The number of rotatable bonds is 2. The molecule has 1 aromatic heterocycles. The fourth-order valence-electron chi connectivity index (χ4n) is 2.39. The molecule has 0 radical (unpaired) electrons. The van der Waals surface area contributed by atoms with Crippen LogP contribution in [-0.4, -0.2) is 9.55 Å². The summed E-state index contributed by atoms with van der Waals surface area (Å²) in [6, 6.07) is 11.6. The molecule has 0 fully saturated rings. The van der Waals surface area contributed by atoms with Crippen LogP contribution < -0.4 is 0 Å². The van der Waals surface area contributed by atoms with Crippen LogP contribution in [0.25, 0.3) is 16.7 Å². The summed E-state index contributed by atoms with van der Waals surface area (Å²) in [4.78, 5) is 4.63. The molecule has 2 nitrogen and oxygen atoms in total. The van der Waals surface area contributed by atoms with Gasteiger partial charge in [0.25, 0.3) is 0 Å². The van der Waals surface area contributed by atoms with Crippen LogP contribution in [0.5, 0.6) is 0 Å². The average Bonchev–Trinajstić information content (AvgIpc) is 2.80. The molecule has 0 aliphatic carbocycles. The summed E-state index contributed by atoms with van der Waals surface area (Å²) in [7, 11) is 0. The van der Waals surface area contributed by atoms with Gasteiger partial charge in [0.1, 0.15) is 5.82 Å². The van der Waals surface area contributed by atoms with Crippen molar-refractivity contribution in [2.24, 2.45) is 0 Å². The average molecular weight is 340 g/mol. The molecule has 0 N–H and O–H groups in total. The lowest BCUT2D eigenvalue weighted by Crippen LogP contribution is -2.02. The third-order valence-corrected chi connectivity index (χ3v) is 4.37. The number of nitrogens with zero attached hydrogens (tertiary/aromatic N) is 2. The predicted octanol–water partition coefficient (Wildman–Crippen LogP) is 5.94. The normalized spacial score (nSPS) is 12.8. The summed E-state index contributed by atoms with van der Waals surface area (Å²) in [5.41, 5.74) is 3.80. The molecule has 1 atom stereocenters. The molecule has 21 heavy (non-hydrogen) atoms. The van der Waals surface area contributed by atoms with Crippen LogP contribution in [0.1, 0.15) is 23.7 Å². The van der Waals surface area contributed by atoms with Gasteiger partial charge in [0.05, 0.1) is 32.1 Å². The number of aryl methyl sites for hydroxylation is 1. The van der Waals surface area contributed by atoms with Gasteiger partial charge in [-0.05, 0) is 43.7 Å². The van der Waals surface area contributed by atoms with Gasteiger partial charge in [-0.25, -0.2) is 4.98 Å². The van der Waals surface area contributed by atoms with Gasteiger partial charge in [-0.3, -0.25) is 4.57 Å². The molecule has 0 amide bonds. The molecule has 0 spiro atoms. The Bertz CT molecular complexity index is 822. The van der Waals surface area contributed by atoms with Crippen LogP contribution in [0.15, 0.2) is 36.4 Å². The van der Waals surface area contributed by atoms with E-state index in [1.54, 1.807) is 6.07 Å². The molecular weight excluding hydrogens is 327 g/mol. The minimum absolute atomic E-state index is 0.243. The molecule has 0 saturated carbocycles.